The standard InChI is InChI=1S/C10H14N2/c1-7-8-4-2-3-5-10(8)12-6-9(7)11/h6H,2-5,11H2,1H3. The molecule has 0 aliphatic heterocycles. The maximum atomic E-state index is 5.78. The van der Waals surface area contributed by atoms with Gasteiger partial charge in [-0.05, 0) is 43.7 Å². The zero-order chi connectivity index (χ0) is 8.55. The van der Waals surface area contributed by atoms with E-state index in [2.05, 4.69) is 11.9 Å². The van der Waals surface area contributed by atoms with Crippen LogP contribution in [0.4, 0.5) is 5.69 Å². The van der Waals surface area contributed by atoms with Crippen LogP contribution in [0.2, 0.25) is 0 Å². The number of nitrogen functional groups attached to an aromatic ring is 1. The highest BCUT2D eigenvalue weighted by molar-refractivity contribution is 5.50. The quantitative estimate of drug-likeness (QED) is 0.632. The van der Waals surface area contributed by atoms with Gasteiger partial charge in [-0.1, -0.05) is 0 Å². The lowest BCUT2D eigenvalue weighted by molar-refractivity contribution is 0.664. The zero-order valence-electron chi connectivity index (χ0n) is 7.43. The number of nitrogens with two attached hydrogens (primary N) is 1. The zero-order valence-corrected chi connectivity index (χ0v) is 7.43. The van der Waals surface area contributed by atoms with Gasteiger partial charge < -0.3 is 5.73 Å². The molecule has 0 atom stereocenters. The molecule has 2 rings (SSSR count). The highest BCUT2D eigenvalue weighted by Crippen LogP contribution is 2.25. The Morgan fingerprint density at radius 1 is 1.33 bits per heavy atom. The molecule has 1 heterocycles. The molecule has 0 radical (unpaired) electrons. The molecule has 0 saturated heterocycles. The number of nitrogens with zero attached hydrogens (tertiary/aromatic N) is 1. The number of pyridine rings is 1. The van der Waals surface area contributed by atoms with Crippen LogP contribution in [0.3, 0.4) is 0 Å². The third kappa shape index (κ3) is 1.07. The van der Waals surface area contributed by atoms with E-state index in [0.29, 0.717) is 0 Å². The lowest BCUT2D eigenvalue weighted by atomic mass is 9.92. The van der Waals surface area contributed by atoms with Crippen molar-refractivity contribution < 1.29 is 0 Å². The molecule has 0 spiro atoms. The summed E-state index contributed by atoms with van der Waals surface area (Å²) in [6.45, 7) is 2.10. The van der Waals surface area contributed by atoms with Crippen molar-refractivity contribution in [2.45, 2.75) is 32.6 Å². The predicted molar refractivity (Wildman–Crippen MR) is 50.0 cm³/mol. The molecule has 1 aromatic rings. The monoisotopic (exact) mass is 162 g/mol. The van der Waals surface area contributed by atoms with Crippen molar-refractivity contribution in [3.63, 3.8) is 0 Å². The van der Waals surface area contributed by atoms with Crippen molar-refractivity contribution in [1.29, 1.82) is 0 Å². The SMILES string of the molecule is Cc1c(N)cnc2c1CCCC2. The fourth-order valence-corrected chi connectivity index (χ4v) is 1.85. The Hall–Kier alpha value is -1.05. The molecule has 1 aliphatic carbocycles. The van der Waals surface area contributed by atoms with Crippen LogP contribution in [0.25, 0.3) is 0 Å². The van der Waals surface area contributed by atoms with Crippen molar-refractivity contribution in [2.24, 2.45) is 0 Å². The van der Waals surface area contributed by atoms with Gasteiger partial charge >= 0.3 is 0 Å². The number of fused-ring (bicyclic) bond motifs is 1. The molecule has 0 amide bonds. The third-order valence-corrected chi connectivity index (χ3v) is 2.68. The minimum Gasteiger partial charge on any atom is -0.397 e. The molecule has 64 valence electrons. The summed E-state index contributed by atoms with van der Waals surface area (Å²) >= 11 is 0. The summed E-state index contributed by atoms with van der Waals surface area (Å²) in [5, 5.41) is 0. The van der Waals surface area contributed by atoms with Gasteiger partial charge in [-0.15, -0.1) is 0 Å². The summed E-state index contributed by atoms with van der Waals surface area (Å²) in [6, 6.07) is 0. The van der Waals surface area contributed by atoms with Crippen LogP contribution >= 0.6 is 0 Å². The minimum atomic E-state index is 0.843. The summed E-state index contributed by atoms with van der Waals surface area (Å²) in [6.07, 6.45) is 6.66. The fourth-order valence-electron chi connectivity index (χ4n) is 1.85. The smallest absolute Gasteiger partial charge is 0.0533 e. The van der Waals surface area contributed by atoms with Crippen LogP contribution in [0.15, 0.2) is 6.20 Å². The van der Waals surface area contributed by atoms with E-state index in [9.17, 15) is 0 Å². The normalized spacial score (nSPS) is 15.8. The second-order valence-corrected chi connectivity index (χ2v) is 3.47. The first-order valence-corrected chi connectivity index (χ1v) is 4.52. The number of hydrogen-bond donors (Lipinski definition) is 1. The molecule has 0 fully saturated rings. The molecule has 0 saturated carbocycles. The van der Waals surface area contributed by atoms with Gasteiger partial charge in [-0.3, -0.25) is 4.98 Å². The van der Waals surface area contributed by atoms with Gasteiger partial charge in [0.25, 0.3) is 0 Å². The number of hydrogen-bond acceptors (Lipinski definition) is 2. The van der Waals surface area contributed by atoms with Crippen LogP contribution in [-0.2, 0) is 12.8 Å². The van der Waals surface area contributed by atoms with E-state index in [1.807, 2.05) is 0 Å². The highest BCUT2D eigenvalue weighted by Gasteiger charge is 2.13. The van der Waals surface area contributed by atoms with E-state index in [-0.39, 0.29) is 0 Å². The minimum absolute atomic E-state index is 0.843. The molecule has 0 bridgehead atoms. The van der Waals surface area contributed by atoms with Gasteiger partial charge in [0, 0.05) is 5.69 Å². The van der Waals surface area contributed by atoms with Crippen LogP contribution in [0.5, 0.6) is 0 Å². The Morgan fingerprint density at radius 2 is 2.08 bits per heavy atom. The lowest BCUT2D eigenvalue weighted by Crippen LogP contribution is -2.08. The van der Waals surface area contributed by atoms with Gasteiger partial charge in [-0.2, -0.15) is 0 Å². The maximum absolute atomic E-state index is 5.78. The van der Waals surface area contributed by atoms with E-state index in [4.69, 9.17) is 5.73 Å². The Labute approximate surface area is 72.8 Å². The second kappa shape index (κ2) is 2.77. The Balaban J connectivity index is 2.54. The summed E-state index contributed by atoms with van der Waals surface area (Å²) < 4.78 is 0. The Bertz CT molecular complexity index is 305. The van der Waals surface area contributed by atoms with Crippen LogP contribution in [0, 0.1) is 6.92 Å². The van der Waals surface area contributed by atoms with E-state index in [1.54, 1.807) is 6.20 Å². The van der Waals surface area contributed by atoms with E-state index in [1.165, 1.54) is 36.1 Å². The van der Waals surface area contributed by atoms with E-state index >= 15 is 0 Å². The first kappa shape index (κ1) is 7.59. The lowest BCUT2D eigenvalue weighted by Gasteiger charge is -2.17. The topological polar surface area (TPSA) is 38.9 Å². The van der Waals surface area contributed by atoms with Gasteiger partial charge in [0.1, 0.15) is 0 Å². The largest absolute Gasteiger partial charge is 0.397 e. The van der Waals surface area contributed by atoms with Gasteiger partial charge in [0.2, 0.25) is 0 Å². The van der Waals surface area contributed by atoms with E-state index < -0.39 is 0 Å². The number of anilines is 1. The van der Waals surface area contributed by atoms with Crippen molar-refractivity contribution in [1.82, 2.24) is 4.98 Å². The molecule has 0 unspecified atom stereocenters. The molecular weight excluding hydrogens is 148 g/mol. The van der Waals surface area contributed by atoms with Crippen molar-refractivity contribution in [3.8, 4) is 0 Å². The van der Waals surface area contributed by atoms with Crippen molar-refractivity contribution >= 4 is 5.69 Å². The van der Waals surface area contributed by atoms with Gasteiger partial charge in [0.15, 0.2) is 0 Å². The van der Waals surface area contributed by atoms with Crippen molar-refractivity contribution in [3.05, 3.63) is 23.0 Å². The van der Waals surface area contributed by atoms with Crippen LogP contribution in [-0.4, -0.2) is 4.98 Å². The molecule has 2 N–H and O–H groups in total. The fraction of sp³-hybridized carbons (Fsp3) is 0.500. The molecule has 2 nitrogen and oxygen atoms in total. The third-order valence-electron chi connectivity index (χ3n) is 2.68. The summed E-state index contributed by atoms with van der Waals surface area (Å²) in [7, 11) is 0. The number of aryl methyl sites for hydroxylation is 1. The molecule has 2 heteroatoms. The maximum Gasteiger partial charge on any atom is 0.0533 e. The Kier molecular flexibility index (Phi) is 1.75. The number of aromatic nitrogens is 1. The molecular formula is C10H14N2. The van der Waals surface area contributed by atoms with Gasteiger partial charge in [0.05, 0.1) is 11.9 Å². The first-order valence-electron chi connectivity index (χ1n) is 4.52. The number of rotatable bonds is 0. The predicted octanol–water partition coefficient (Wildman–Crippen LogP) is 1.85. The summed E-state index contributed by atoms with van der Waals surface area (Å²) in [5.41, 5.74) is 10.5. The van der Waals surface area contributed by atoms with Crippen molar-refractivity contribution in [2.75, 3.05) is 5.73 Å². The summed E-state index contributed by atoms with van der Waals surface area (Å²) in [4.78, 5) is 4.35. The van der Waals surface area contributed by atoms with Gasteiger partial charge in [-0.25, -0.2) is 0 Å². The van der Waals surface area contributed by atoms with Crippen LogP contribution < -0.4 is 5.73 Å². The first-order chi connectivity index (χ1) is 5.79. The Morgan fingerprint density at radius 3 is 2.92 bits per heavy atom. The average molecular weight is 162 g/mol. The second-order valence-electron chi connectivity index (χ2n) is 3.47. The van der Waals surface area contributed by atoms with E-state index in [0.717, 1.165) is 12.1 Å². The average Bonchev–Trinajstić information content (AvgIpc) is 2.12. The molecule has 12 heavy (non-hydrogen) atoms. The van der Waals surface area contributed by atoms with Crippen LogP contribution in [0.1, 0.15) is 29.7 Å². The summed E-state index contributed by atoms with van der Waals surface area (Å²) in [5.74, 6) is 0. The molecule has 0 aromatic carbocycles. The molecule has 1 aromatic heterocycles. The molecule has 1 aliphatic rings. The highest BCUT2D eigenvalue weighted by atomic mass is 14.7.